The lowest BCUT2D eigenvalue weighted by Crippen LogP contribution is -1.97. The van der Waals surface area contributed by atoms with Gasteiger partial charge in [0.25, 0.3) is 0 Å². The van der Waals surface area contributed by atoms with Crippen molar-refractivity contribution >= 4 is 22.5 Å². The maximum absolute atomic E-state index is 13.5. The van der Waals surface area contributed by atoms with Gasteiger partial charge in [-0.25, -0.2) is 9.37 Å². The molecule has 0 fully saturated rings. The first-order valence-electron chi connectivity index (χ1n) is 8.05. The summed E-state index contributed by atoms with van der Waals surface area (Å²) in [5.74, 6) is 0.939. The summed E-state index contributed by atoms with van der Waals surface area (Å²) in [6, 6.07) is 16.7. The molecular formula is C20H17FN4. The van der Waals surface area contributed by atoms with Crippen LogP contribution in [-0.4, -0.2) is 15.2 Å². The number of fused-ring (bicyclic) bond motifs is 1. The zero-order chi connectivity index (χ0) is 17.4. The minimum atomic E-state index is -0.297. The zero-order valence-corrected chi connectivity index (χ0v) is 14.0. The van der Waals surface area contributed by atoms with Crippen LogP contribution in [0.3, 0.4) is 0 Å². The third kappa shape index (κ3) is 2.96. The molecule has 0 bridgehead atoms. The van der Waals surface area contributed by atoms with Gasteiger partial charge in [-0.3, -0.25) is 5.10 Å². The van der Waals surface area contributed by atoms with Gasteiger partial charge < -0.3 is 5.32 Å². The smallest absolute Gasteiger partial charge is 0.161 e. The van der Waals surface area contributed by atoms with Crippen LogP contribution in [0, 0.1) is 19.7 Å². The second-order valence-corrected chi connectivity index (χ2v) is 6.12. The number of benzene rings is 2. The predicted molar refractivity (Wildman–Crippen MR) is 98.5 cm³/mol. The van der Waals surface area contributed by atoms with E-state index in [0.717, 1.165) is 22.3 Å². The fourth-order valence-electron chi connectivity index (χ4n) is 2.93. The topological polar surface area (TPSA) is 53.6 Å². The normalized spacial score (nSPS) is 11.0. The van der Waals surface area contributed by atoms with Crippen molar-refractivity contribution in [3.63, 3.8) is 0 Å². The number of nitrogens with one attached hydrogen (secondary N) is 2. The van der Waals surface area contributed by atoms with Crippen molar-refractivity contribution in [2.45, 2.75) is 13.8 Å². The Kier molecular flexibility index (Phi) is 3.69. The summed E-state index contributed by atoms with van der Waals surface area (Å²) in [6.45, 7) is 4.09. The number of rotatable bonds is 3. The van der Waals surface area contributed by atoms with Gasteiger partial charge in [0, 0.05) is 10.9 Å². The van der Waals surface area contributed by atoms with Crippen LogP contribution in [0.5, 0.6) is 0 Å². The van der Waals surface area contributed by atoms with Crippen LogP contribution >= 0.6 is 0 Å². The van der Waals surface area contributed by atoms with Gasteiger partial charge in [0.1, 0.15) is 11.6 Å². The SMILES string of the molecule is Cc1cc(Nc2n[nH]c3ccc(F)cc23)nc(-c2ccccc2C)c1. The molecule has 25 heavy (non-hydrogen) atoms. The van der Waals surface area contributed by atoms with Gasteiger partial charge in [-0.2, -0.15) is 5.10 Å². The van der Waals surface area contributed by atoms with E-state index >= 15 is 0 Å². The molecular weight excluding hydrogens is 315 g/mol. The van der Waals surface area contributed by atoms with Gasteiger partial charge in [-0.15, -0.1) is 0 Å². The van der Waals surface area contributed by atoms with E-state index < -0.39 is 0 Å². The maximum Gasteiger partial charge on any atom is 0.161 e. The van der Waals surface area contributed by atoms with Crippen LogP contribution in [0.4, 0.5) is 16.0 Å². The molecule has 0 amide bonds. The third-order valence-corrected chi connectivity index (χ3v) is 4.16. The second kappa shape index (κ2) is 6.02. The lowest BCUT2D eigenvalue weighted by Gasteiger charge is -2.10. The van der Waals surface area contributed by atoms with Gasteiger partial charge in [0.15, 0.2) is 5.82 Å². The van der Waals surface area contributed by atoms with Gasteiger partial charge in [-0.1, -0.05) is 24.3 Å². The fourth-order valence-corrected chi connectivity index (χ4v) is 2.93. The Hall–Kier alpha value is -3.21. The van der Waals surface area contributed by atoms with Gasteiger partial charge >= 0.3 is 0 Å². The molecule has 124 valence electrons. The quantitative estimate of drug-likeness (QED) is 0.547. The molecule has 2 heterocycles. The van der Waals surface area contributed by atoms with Crippen molar-refractivity contribution in [2.24, 2.45) is 0 Å². The average molecular weight is 332 g/mol. The molecule has 2 aromatic carbocycles. The highest BCUT2D eigenvalue weighted by molar-refractivity contribution is 5.91. The van der Waals surface area contributed by atoms with E-state index in [1.165, 1.54) is 17.7 Å². The number of aromatic amines is 1. The first kappa shape index (κ1) is 15.3. The Balaban J connectivity index is 1.76. The van der Waals surface area contributed by atoms with E-state index in [2.05, 4.69) is 40.6 Å². The van der Waals surface area contributed by atoms with Crippen molar-refractivity contribution in [2.75, 3.05) is 5.32 Å². The Bertz CT molecular complexity index is 1070. The lowest BCUT2D eigenvalue weighted by molar-refractivity contribution is 0.630. The summed E-state index contributed by atoms with van der Waals surface area (Å²) in [4.78, 5) is 4.71. The van der Waals surface area contributed by atoms with E-state index in [0.29, 0.717) is 17.0 Å². The number of nitrogens with zero attached hydrogens (tertiary/aromatic N) is 2. The molecule has 0 aliphatic rings. The number of pyridine rings is 1. The van der Waals surface area contributed by atoms with E-state index in [1.807, 2.05) is 25.1 Å². The van der Waals surface area contributed by atoms with Crippen LogP contribution in [0.2, 0.25) is 0 Å². The molecule has 2 aromatic heterocycles. The molecule has 4 nitrogen and oxygen atoms in total. The highest BCUT2D eigenvalue weighted by Gasteiger charge is 2.10. The van der Waals surface area contributed by atoms with Crippen LogP contribution in [0.25, 0.3) is 22.2 Å². The van der Waals surface area contributed by atoms with E-state index in [4.69, 9.17) is 4.98 Å². The monoisotopic (exact) mass is 332 g/mol. The Morgan fingerprint density at radius 1 is 1.00 bits per heavy atom. The molecule has 0 atom stereocenters. The zero-order valence-electron chi connectivity index (χ0n) is 14.0. The van der Waals surface area contributed by atoms with Crippen molar-refractivity contribution in [3.8, 4) is 11.3 Å². The number of hydrogen-bond acceptors (Lipinski definition) is 3. The minimum absolute atomic E-state index is 0.297. The summed E-state index contributed by atoms with van der Waals surface area (Å²) >= 11 is 0. The van der Waals surface area contributed by atoms with E-state index in [-0.39, 0.29) is 5.82 Å². The number of aryl methyl sites for hydroxylation is 2. The number of anilines is 2. The van der Waals surface area contributed by atoms with Crippen LogP contribution in [-0.2, 0) is 0 Å². The first-order chi connectivity index (χ1) is 12.1. The highest BCUT2D eigenvalue weighted by atomic mass is 19.1. The number of hydrogen-bond donors (Lipinski definition) is 2. The molecule has 0 aliphatic carbocycles. The Labute approximate surface area is 144 Å². The molecule has 4 aromatic rings. The number of aromatic nitrogens is 3. The minimum Gasteiger partial charge on any atom is -0.323 e. The standard InChI is InChI=1S/C20H17FN4/c1-12-9-18(15-6-4-3-5-13(15)2)22-19(10-12)23-20-16-11-14(21)7-8-17(16)24-25-20/h3-11H,1-2H3,(H2,22,23,24,25). The van der Waals surface area contributed by atoms with Crippen molar-refractivity contribution in [1.29, 1.82) is 0 Å². The largest absolute Gasteiger partial charge is 0.323 e. The van der Waals surface area contributed by atoms with Crippen molar-refractivity contribution < 1.29 is 4.39 Å². The van der Waals surface area contributed by atoms with Gasteiger partial charge in [-0.05, 0) is 55.3 Å². The summed E-state index contributed by atoms with van der Waals surface area (Å²) in [5, 5.41) is 11.0. The molecule has 0 aliphatic heterocycles. The van der Waals surface area contributed by atoms with Gasteiger partial charge in [0.05, 0.1) is 11.2 Å². The fraction of sp³-hybridized carbons (Fsp3) is 0.100. The van der Waals surface area contributed by atoms with Gasteiger partial charge in [0.2, 0.25) is 0 Å². The van der Waals surface area contributed by atoms with Crippen molar-refractivity contribution in [3.05, 3.63) is 71.5 Å². The lowest BCUT2D eigenvalue weighted by atomic mass is 10.0. The average Bonchev–Trinajstić information content (AvgIpc) is 2.97. The highest BCUT2D eigenvalue weighted by Crippen LogP contribution is 2.27. The summed E-state index contributed by atoms with van der Waals surface area (Å²) < 4.78 is 13.5. The van der Waals surface area contributed by atoms with Crippen LogP contribution in [0.15, 0.2) is 54.6 Å². The maximum atomic E-state index is 13.5. The van der Waals surface area contributed by atoms with E-state index in [1.54, 1.807) is 6.07 Å². The summed E-state index contributed by atoms with van der Waals surface area (Å²) in [6.07, 6.45) is 0. The Morgan fingerprint density at radius 2 is 1.84 bits per heavy atom. The van der Waals surface area contributed by atoms with Crippen LogP contribution < -0.4 is 5.32 Å². The number of H-pyrrole nitrogens is 1. The molecule has 0 radical (unpaired) electrons. The molecule has 0 unspecified atom stereocenters. The van der Waals surface area contributed by atoms with Crippen LogP contribution in [0.1, 0.15) is 11.1 Å². The molecule has 4 rings (SSSR count). The third-order valence-electron chi connectivity index (χ3n) is 4.16. The second-order valence-electron chi connectivity index (χ2n) is 6.12. The summed E-state index contributed by atoms with van der Waals surface area (Å²) in [5.41, 5.74) is 5.01. The Morgan fingerprint density at radius 3 is 2.68 bits per heavy atom. The first-order valence-corrected chi connectivity index (χ1v) is 8.05. The molecule has 2 N–H and O–H groups in total. The molecule has 0 saturated heterocycles. The predicted octanol–water partition coefficient (Wildman–Crippen LogP) is 5.12. The van der Waals surface area contributed by atoms with E-state index in [9.17, 15) is 4.39 Å². The molecule has 5 heteroatoms. The summed E-state index contributed by atoms with van der Waals surface area (Å²) in [7, 11) is 0. The molecule has 0 saturated carbocycles. The molecule has 0 spiro atoms. The number of halogens is 1. The van der Waals surface area contributed by atoms with Crippen molar-refractivity contribution in [1.82, 2.24) is 15.2 Å².